The second-order valence-corrected chi connectivity index (χ2v) is 8.36. The van der Waals surface area contributed by atoms with E-state index < -0.39 is 23.6 Å². The molecule has 0 radical (unpaired) electrons. The average Bonchev–Trinajstić information content (AvgIpc) is 2.66. The number of rotatable bonds is 3. The van der Waals surface area contributed by atoms with E-state index in [2.05, 4.69) is 9.97 Å². The SMILES string of the molecule is Cc1cccc2c(=O)[nH]c(COC(=O)C3CCCN(C(=O)OC(C)(C)C)C3)nc12. The van der Waals surface area contributed by atoms with Gasteiger partial charge in [0.25, 0.3) is 5.56 Å². The average molecular weight is 401 g/mol. The molecule has 2 aromatic rings. The highest BCUT2D eigenvalue weighted by molar-refractivity contribution is 5.80. The molecule has 1 aliphatic rings. The molecule has 0 saturated carbocycles. The maximum Gasteiger partial charge on any atom is 0.410 e. The Balaban J connectivity index is 1.63. The molecule has 1 unspecified atom stereocenters. The molecule has 1 aromatic heterocycles. The third-order valence-electron chi connectivity index (χ3n) is 4.74. The summed E-state index contributed by atoms with van der Waals surface area (Å²) in [6, 6.07) is 5.38. The summed E-state index contributed by atoms with van der Waals surface area (Å²) in [5.74, 6) is -0.541. The van der Waals surface area contributed by atoms with Crippen molar-refractivity contribution in [2.45, 2.75) is 52.7 Å². The second-order valence-electron chi connectivity index (χ2n) is 8.36. The molecule has 0 spiro atoms. The van der Waals surface area contributed by atoms with Gasteiger partial charge in [-0.25, -0.2) is 9.78 Å². The predicted molar refractivity (Wildman–Crippen MR) is 107 cm³/mol. The molecule has 156 valence electrons. The Bertz CT molecular complexity index is 976. The highest BCUT2D eigenvalue weighted by Crippen LogP contribution is 2.21. The summed E-state index contributed by atoms with van der Waals surface area (Å²) in [6.07, 6.45) is 0.910. The molecule has 1 atom stereocenters. The second kappa shape index (κ2) is 8.23. The van der Waals surface area contributed by atoms with Crippen LogP contribution < -0.4 is 5.56 Å². The van der Waals surface area contributed by atoms with E-state index in [1.807, 2.05) is 13.0 Å². The minimum atomic E-state index is -0.587. The maximum atomic E-state index is 12.5. The lowest BCUT2D eigenvalue weighted by Gasteiger charge is -2.33. The number of carbonyl (C=O) groups is 2. The molecule has 8 heteroatoms. The Morgan fingerprint density at radius 3 is 2.79 bits per heavy atom. The van der Waals surface area contributed by atoms with Crippen LogP contribution in [0.1, 0.15) is 45.0 Å². The lowest BCUT2D eigenvalue weighted by Crippen LogP contribution is -2.45. The first-order valence-electron chi connectivity index (χ1n) is 9.77. The van der Waals surface area contributed by atoms with Crippen molar-refractivity contribution < 1.29 is 19.1 Å². The molecule has 0 bridgehead atoms. The van der Waals surface area contributed by atoms with Crippen LogP contribution in [0, 0.1) is 12.8 Å². The molecule has 0 aliphatic carbocycles. The number of esters is 1. The molecule has 1 fully saturated rings. The standard InChI is InChI=1S/C21H27N3O5/c1-13-7-5-9-15-17(13)22-16(23-18(15)25)12-28-19(26)14-8-6-10-24(11-14)20(27)29-21(2,3)4/h5,7,9,14H,6,8,10-12H2,1-4H3,(H,22,23,25). The summed E-state index contributed by atoms with van der Waals surface area (Å²) in [6.45, 7) is 7.98. The van der Waals surface area contributed by atoms with Crippen molar-refractivity contribution in [3.63, 3.8) is 0 Å². The van der Waals surface area contributed by atoms with Crippen molar-refractivity contribution in [3.8, 4) is 0 Å². The Morgan fingerprint density at radius 2 is 2.07 bits per heavy atom. The van der Waals surface area contributed by atoms with Crippen molar-refractivity contribution in [2.75, 3.05) is 13.1 Å². The number of aromatic nitrogens is 2. The number of H-pyrrole nitrogens is 1. The van der Waals surface area contributed by atoms with Gasteiger partial charge in [0, 0.05) is 13.1 Å². The van der Waals surface area contributed by atoms with Gasteiger partial charge in [-0.3, -0.25) is 9.59 Å². The van der Waals surface area contributed by atoms with E-state index in [4.69, 9.17) is 9.47 Å². The molecule has 29 heavy (non-hydrogen) atoms. The molecule has 2 heterocycles. The number of aromatic amines is 1. The minimum absolute atomic E-state index is 0.124. The van der Waals surface area contributed by atoms with E-state index in [9.17, 15) is 14.4 Å². The fraction of sp³-hybridized carbons (Fsp3) is 0.524. The third kappa shape index (κ3) is 5.13. The summed E-state index contributed by atoms with van der Waals surface area (Å²) in [4.78, 5) is 45.6. The van der Waals surface area contributed by atoms with Gasteiger partial charge in [0.05, 0.1) is 16.8 Å². The molecule has 1 saturated heterocycles. The lowest BCUT2D eigenvalue weighted by atomic mass is 9.98. The van der Waals surface area contributed by atoms with Gasteiger partial charge >= 0.3 is 12.1 Å². The van der Waals surface area contributed by atoms with Crippen LogP contribution in [0.3, 0.4) is 0 Å². The van der Waals surface area contributed by atoms with Gasteiger partial charge < -0.3 is 19.4 Å². The van der Waals surface area contributed by atoms with Gasteiger partial charge in [-0.05, 0) is 52.2 Å². The Kier molecular flexibility index (Phi) is 5.91. The monoisotopic (exact) mass is 401 g/mol. The van der Waals surface area contributed by atoms with Crippen molar-refractivity contribution >= 4 is 23.0 Å². The molecule has 1 amide bonds. The van der Waals surface area contributed by atoms with Gasteiger partial charge in [-0.15, -0.1) is 0 Å². The summed E-state index contributed by atoms with van der Waals surface area (Å²) in [5, 5.41) is 0.500. The maximum absolute atomic E-state index is 12.5. The fourth-order valence-corrected chi connectivity index (χ4v) is 3.34. The Hall–Kier alpha value is -2.90. The van der Waals surface area contributed by atoms with Crippen LogP contribution in [0.5, 0.6) is 0 Å². The topological polar surface area (TPSA) is 102 Å². The van der Waals surface area contributed by atoms with Crippen LogP contribution in [0.25, 0.3) is 10.9 Å². The van der Waals surface area contributed by atoms with Gasteiger partial charge in [-0.1, -0.05) is 12.1 Å². The number of piperidine rings is 1. The van der Waals surface area contributed by atoms with Crippen LogP contribution in [0.15, 0.2) is 23.0 Å². The number of para-hydroxylation sites is 1. The van der Waals surface area contributed by atoms with Crippen molar-refractivity contribution in [1.29, 1.82) is 0 Å². The molecule has 1 aliphatic heterocycles. The van der Waals surface area contributed by atoms with E-state index in [-0.39, 0.29) is 18.7 Å². The Morgan fingerprint density at radius 1 is 1.31 bits per heavy atom. The van der Waals surface area contributed by atoms with Crippen molar-refractivity contribution in [1.82, 2.24) is 14.9 Å². The third-order valence-corrected chi connectivity index (χ3v) is 4.74. The van der Waals surface area contributed by atoms with E-state index in [0.29, 0.717) is 36.1 Å². The number of carbonyl (C=O) groups excluding carboxylic acids is 2. The van der Waals surface area contributed by atoms with Crippen LogP contribution in [0.4, 0.5) is 4.79 Å². The number of nitrogens with one attached hydrogen (secondary N) is 1. The van der Waals surface area contributed by atoms with E-state index in [1.165, 1.54) is 0 Å². The number of benzene rings is 1. The predicted octanol–water partition coefficient (Wildman–Crippen LogP) is 2.92. The summed E-state index contributed by atoms with van der Waals surface area (Å²) >= 11 is 0. The number of amides is 1. The zero-order chi connectivity index (χ0) is 21.2. The molecule has 1 aromatic carbocycles. The fourth-order valence-electron chi connectivity index (χ4n) is 3.34. The van der Waals surface area contributed by atoms with Crippen LogP contribution >= 0.6 is 0 Å². The molecular weight excluding hydrogens is 374 g/mol. The molecule has 3 rings (SSSR count). The lowest BCUT2D eigenvalue weighted by molar-refractivity contribution is -0.151. The summed E-state index contributed by atoms with van der Waals surface area (Å²) in [5.41, 5.74) is 0.618. The summed E-state index contributed by atoms with van der Waals surface area (Å²) in [7, 11) is 0. The van der Waals surface area contributed by atoms with Crippen molar-refractivity contribution in [3.05, 3.63) is 39.9 Å². The number of likely N-dealkylation sites (tertiary alicyclic amines) is 1. The highest BCUT2D eigenvalue weighted by Gasteiger charge is 2.32. The Labute approximate surface area is 169 Å². The van der Waals surface area contributed by atoms with Crippen LogP contribution in [-0.2, 0) is 20.9 Å². The van der Waals surface area contributed by atoms with E-state index >= 15 is 0 Å². The number of hydrogen-bond acceptors (Lipinski definition) is 6. The number of ether oxygens (including phenoxy) is 2. The zero-order valence-electron chi connectivity index (χ0n) is 17.3. The van der Waals surface area contributed by atoms with E-state index in [1.54, 1.807) is 37.8 Å². The van der Waals surface area contributed by atoms with Gasteiger partial charge in [0.15, 0.2) is 0 Å². The number of aryl methyl sites for hydroxylation is 1. The molecular formula is C21H27N3O5. The number of fused-ring (bicyclic) bond motifs is 1. The van der Waals surface area contributed by atoms with Gasteiger partial charge in [-0.2, -0.15) is 0 Å². The van der Waals surface area contributed by atoms with Crippen LogP contribution in [-0.4, -0.2) is 45.6 Å². The van der Waals surface area contributed by atoms with Gasteiger partial charge in [0.1, 0.15) is 18.0 Å². The smallest absolute Gasteiger partial charge is 0.410 e. The molecule has 1 N–H and O–H groups in total. The minimum Gasteiger partial charge on any atom is -0.457 e. The molecule has 8 nitrogen and oxygen atoms in total. The van der Waals surface area contributed by atoms with E-state index in [0.717, 1.165) is 5.56 Å². The highest BCUT2D eigenvalue weighted by atomic mass is 16.6. The first kappa shape index (κ1) is 20.8. The quantitative estimate of drug-likeness (QED) is 0.794. The first-order chi connectivity index (χ1) is 13.6. The number of hydrogen-bond donors (Lipinski definition) is 1. The normalized spacial score (nSPS) is 17.2. The first-order valence-corrected chi connectivity index (χ1v) is 9.77. The number of nitrogens with zero attached hydrogens (tertiary/aromatic N) is 2. The van der Waals surface area contributed by atoms with Gasteiger partial charge in [0.2, 0.25) is 0 Å². The van der Waals surface area contributed by atoms with Crippen molar-refractivity contribution in [2.24, 2.45) is 5.92 Å². The summed E-state index contributed by atoms with van der Waals surface area (Å²) < 4.78 is 10.8. The largest absolute Gasteiger partial charge is 0.457 e. The van der Waals surface area contributed by atoms with Crippen LogP contribution in [0.2, 0.25) is 0 Å². The zero-order valence-corrected chi connectivity index (χ0v) is 17.3.